The van der Waals surface area contributed by atoms with Crippen LogP contribution in [0.5, 0.6) is 34.5 Å². The van der Waals surface area contributed by atoms with E-state index in [-0.39, 0.29) is 13.6 Å². The molecule has 0 fully saturated rings. The first-order valence-corrected chi connectivity index (χ1v) is 19.6. The number of aldehydes is 1. The van der Waals surface area contributed by atoms with Crippen LogP contribution in [0.15, 0.2) is 108 Å². The Morgan fingerprint density at radius 3 is 2.07 bits per heavy atom. The zero-order valence-electron chi connectivity index (χ0n) is 31.2. The van der Waals surface area contributed by atoms with Crippen LogP contribution in [-0.2, 0) is 0 Å². The third-order valence-electron chi connectivity index (χ3n) is 8.39. The maximum atomic E-state index is 10.3. The highest BCUT2D eigenvalue weighted by atomic mass is 32.2. The number of fused-ring (bicyclic) bond motifs is 3. The molecule has 0 aliphatic carbocycles. The van der Waals surface area contributed by atoms with Gasteiger partial charge < -0.3 is 39.5 Å². The second-order valence-corrected chi connectivity index (χ2v) is 13.4. The molecule has 9 rings (SSSR count). The van der Waals surface area contributed by atoms with E-state index in [0.717, 1.165) is 57.5 Å². The Morgan fingerprint density at radius 1 is 0.719 bits per heavy atom. The van der Waals surface area contributed by atoms with Crippen molar-refractivity contribution in [3.05, 3.63) is 103 Å². The lowest BCUT2D eigenvalue weighted by Gasteiger charge is -2.10. The number of nitrogens with one attached hydrogen (secondary N) is 1. The van der Waals surface area contributed by atoms with Gasteiger partial charge in [0.15, 0.2) is 33.3 Å². The summed E-state index contributed by atoms with van der Waals surface area (Å²) < 4.78 is 33.6. The molecular formula is C40H36N8O7S2. The Balaban J connectivity index is 0.000000146. The van der Waals surface area contributed by atoms with Crippen LogP contribution in [0, 0.1) is 0 Å². The first-order chi connectivity index (χ1) is 27.9. The fraction of sp³-hybridized carbons (Fsp3) is 0.150. The highest BCUT2D eigenvalue weighted by Gasteiger charge is 2.20. The van der Waals surface area contributed by atoms with E-state index in [1.54, 1.807) is 56.9 Å². The number of methoxy groups -OCH3 is 2. The number of carbonyl (C=O) groups is 1. The predicted octanol–water partition coefficient (Wildman–Crippen LogP) is 7.70. The molecule has 17 heteroatoms. The van der Waals surface area contributed by atoms with Crippen LogP contribution in [-0.4, -0.2) is 76.1 Å². The first kappa shape index (κ1) is 38.6. The lowest BCUT2D eigenvalue weighted by atomic mass is 10.2. The van der Waals surface area contributed by atoms with Crippen molar-refractivity contribution < 1.29 is 33.2 Å². The summed E-state index contributed by atoms with van der Waals surface area (Å²) >= 11 is 2.99. The zero-order valence-corrected chi connectivity index (χ0v) is 32.8. The van der Waals surface area contributed by atoms with E-state index in [9.17, 15) is 4.79 Å². The summed E-state index contributed by atoms with van der Waals surface area (Å²) in [6.07, 6.45) is 8.13. The van der Waals surface area contributed by atoms with E-state index in [4.69, 9.17) is 39.1 Å². The van der Waals surface area contributed by atoms with Crippen molar-refractivity contribution in [2.24, 2.45) is 0 Å². The molecule has 2 aliphatic rings. The minimum absolute atomic E-state index is 0.232. The van der Waals surface area contributed by atoms with Crippen LogP contribution >= 0.6 is 23.5 Å². The molecule has 57 heavy (non-hydrogen) atoms. The summed E-state index contributed by atoms with van der Waals surface area (Å²) in [6, 6.07) is 25.8. The second kappa shape index (κ2) is 17.8. The molecule has 5 heterocycles. The number of imidazole rings is 1. The Labute approximate surface area is 335 Å². The number of aromatic nitrogens is 6. The fourth-order valence-electron chi connectivity index (χ4n) is 5.62. The highest BCUT2D eigenvalue weighted by Crippen LogP contribution is 2.38. The van der Waals surface area contributed by atoms with Crippen LogP contribution in [0.4, 0.5) is 17.2 Å². The average Bonchev–Trinajstić information content (AvgIpc) is 4.03. The molecule has 0 saturated carbocycles. The fourth-order valence-corrected chi connectivity index (χ4v) is 6.32. The van der Waals surface area contributed by atoms with Gasteiger partial charge in [-0.15, -0.1) is 0 Å². The minimum Gasteiger partial charge on any atom is -0.497 e. The molecular weight excluding hydrogens is 769 g/mol. The SMILES string of the molecule is COc1ccc(Nc2ccnc(SC)n2)c(N)c1.COc1ccc2c(c1)nc(-c1ccc3c(c1)OCO3)n2-c1ccnc(SC)n1.O=Cc1ccc2c(c1)OCO2. The number of nitrogens with two attached hydrogens (primary N) is 1. The summed E-state index contributed by atoms with van der Waals surface area (Å²) in [5.41, 5.74) is 10.6. The van der Waals surface area contributed by atoms with Crippen LogP contribution in [0.3, 0.4) is 0 Å². The third-order valence-corrected chi connectivity index (χ3v) is 9.52. The van der Waals surface area contributed by atoms with Gasteiger partial charge in [0.05, 0.1) is 36.6 Å². The van der Waals surface area contributed by atoms with Gasteiger partial charge in [-0.3, -0.25) is 9.36 Å². The quantitative estimate of drug-likeness (QED) is 0.0627. The predicted molar refractivity (Wildman–Crippen MR) is 219 cm³/mol. The second-order valence-electron chi connectivity index (χ2n) is 11.8. The lowest BCUT2D eigenvalue weighted by Crippen LogP contribution is -2.02. The van der Waals surface area contributed by atoms with E-state index in [0.29, 0.717) is 44.6 Å². The number of hydrogen-bond donors (Lipinski definition) is 2. The summed E-state index contributed by atoms with van der Waals surface area (Å²) in [7, 11) is 3.25. The van der Waals surface area contributed by atoms with Crippen molar-refractivity contribution in [2.75, 3.05) is 51.4 Å². The third kappa shape index (κ3) is 8.90. The van der Waals surface area contributed by atoms with Gasteiger partial charge in [0.1, 0.15) is 35.2 Å². The Morgan fingerprint density at radius 2 is 1.37 bits per heavy atom. The molecule has 0 saturated heterocycles. The lowest BCUT2D eigenvalue weighted by molar-refractivity contribution is 0.112. The highest BCUT2D eigenvalue weighted by molar-refractivity contribution is 7.98. The maximum absolute atomic E-state index is 10.3. The molecule has 7 aromatic rings. The normalized spacial score (nSPS) is 11.9. The van der Waals surface area contributed by atoms with Gasteiger partial charge in [0.25, 0.3) is 0 Å². The van der Waals surface area contributed by atoms with Gasteiger partial charge in [-0.25, -0.2) is 24.9 Å². The van der Waals surface area contributed by atoms with Crippen LogP contribution in [0.2, 0.25) is 0 Å². The molecule has 2 aliphatic heterocycles. The van der Waals surface area contributed by atoms with Crippen molar-refractivity contribution in [3.63, 3.8) is 0 Å². The summed E-state index contributed by atoms with van der Waals surface area (Å²) in [5, 5.41) is 4.57. The number of carbonyl (C=O) groups excluding carboxylic acids is 1. The molecule has 0 amide bonds. The first-order valence-electron chi connectivity index (χ1n) is 17.2. The van der Waals surface area contributed by atoms with Gasteiger partial charge in [-0.05, 0) is 85.3 Å². The van der Waals surface area contributed by atoms with E-state index in [1.165, 1.54) is 23.5 Å². The molecule has 3 aromatic heterocycles. The largest absolute Gasteiger partial charge is 0.497 e. The number of ether oxygens (including phenoxy) is 6. The Kier molecular flexibility index (Phi) is 12.1. The number of nitrogen functional groups attached to an aromatic ring is 1. The van der Waals surface area contributed by atoms with Gasteiger partial charge in [0.2, 0.25) is 13.6 Å². The number of rotatable bonds is 9. The number of anilines is 3. The van der Waals surface area contributed by atoms with Crippen molar-refractivity contribution in [3.8, 4) is 51.7 Å². The maximum Gasteiger partial charge on any atom is 0.231 e. The zero-order chi connectivity index (χ0) is 39.7. The summed E-state index contributed by atoms with van der Waals surface area (Å²) in [4.78, 5) is 32.6. The minimum atomic E-state index is 0.232. The molecule has 0 spiro atoms. The molecule has 0 unspecified atom stereocenters. The van der Waals surface area contributed by atoms with Crippen molar-refractivity contribution in [1.29, 1.82) is 0 Å². The smallest absolute Gasteiger partial charge is 0.231 e. The molecule has 0 radical (unpaired) electrons. The van der Waals surface area contributed by atoms with Crippen LogP contribution in [0.1, 0.15) is 10.4 Å². The van der Waals surface area contributed by atoms with Crippen LogP contribution < -0.4 is 39.5 Å². The Hall–Kier alpha value is -6.72. The monoisotopic (exact) mass is 804 g/mol. The number of hydrogen-bond acceptors (Lipinski definition) is 16. The van der Waals surface area contributed by atoms with Crippen molar-refractivity contribution in [2.45, 2.75) is 10.3 Å². The van der Waals surface area contributed by atoms with Gasteiger partial charge in [-0.1, -0.05) is 23.5 Å². The number of nitrogens with zero attached hydrogens (tertiary/aromatic N) is 6. The summed E-state index contributed by atoms with van der Waals surface area (Å²) in [6.45, 7) is 0.479. The molecule has 0 bridgehead atoms. The standard InChI is InChI=1S/C20H16N4O3S.C12H14N4OS.C8H6O3/c1-25-13-4-5-15-14(10-13)22-19(12-3-6-16-17(9-12)27-11-26-16)24(15)18-7-8-21-20(23-18)28-2;1-17-8-3-4-10(9(13)7-8)15-11-5-6-14-12(16-11)18-2;9-4-6-1-2-7-8(3-6)11-5-10-7/h3-10H,11H2,1-2H3;3-7H,13H2,1-2H3,(H,14,15,16);1-4H,5H2. The Bertz CT molecular complexity index is 2540. The van der Waals surface area contributed by atoms with Gasteiger partial charge in [-0.2, -0.15) is 0 Å². The van der Waals surface area contributed by atoms with Gasteiger partial charge >= 0.3 is 0 Å². The average molecular weight is 805 g/mol. The molecule has 4 aromatic carbocycles. The van der Waals surface area contributed by atoms with Crippen LogP contribution in [0.25, 0.3) is 28.2 Å². The molecule has 15 nitrogen and oxygen atoms in total. The van der Waals surface area contributed by atoms with Crippen molar-refractivity contribution >= 4 is 58.0 Å². The topological polar surface area (TPSA) is 180 Å². The van der Waals surface area contributed by atoms with Gasteiger partial charge in [0, 0.05) is 35.7 Å². The summed E-state index contributed by atoms with van der Waals surface area (Å²) in [5.74, 6) is 6.50. The molecule has 0 atom stereocenters. The number of benzene rings is 4. The molecule has 290 valence electrons. The number of thioether (sulfide) groups is 2. The van der Waals surface area contributed by atoms with E-state index >= 15 is 0 Å². The van der Waals surface area contributed by atoms with E-state index < -0.39 is 0 Å². The molecule has 3 N–H and O–H groups in total. The van der Waals surface area contributed by atoms with Crippen molar-refractivity contribution in [1.82, 2.24) is 29.5 Å². The van der Waals surface area contributed by atoms with E-state index in [1.807, 2.05) is 71.7 Å². The van der Waals surface area contributed by atoms with E-state index in [2.05, 4.69) is 25.3 Å².